The molecule has 1 saturated heterocycles. The van der Waals surface area contributed by atoms with E-state index in [1.807, 2.05) is 0 Å². The summed E-state index contributed by atoms with van der Waals surface area (Å²) in [6, 6.07) is 0. The molecule has 6 heteroatoms. The average molecular weight is 203 g/mol. The number of amides is 1. The van der Waals surface area contributed by atoms with Crippen LogP contribution in [0.25, 0.3) is 0 Å². The SMILES string of the molecule is O=C(O)[C@@H]1CN(C(=O)O)CCC[C@H]1O. The van der Waals surface area contributed by atoms with Crippen molar-refractivity contribution in [1.29, 1.82) is 0 Å². The van der Waals surface area contributed by atoms with Crippen molar-refractivity contribution >= 4 is 12.1 Å². The molecular formula is C8H13NO5. The first-order valence-electron chi connectivity index (χ1n) is 4.41. The third-order valence-electron chi connectivity index (χ3n) is 2.40. The highest BCUT2D eigenvalue weighted by molar-refractivity contribution is 5.72. The summed E-state index contributed by atoms with van der Waals surface area (Å²) in [6.07, 6.45) is -1.25. The fraction of sp³-hybridized carbons (Fsp3) is 0.750. The Bertz CT molecular complexity index is 242. The lowest BCUT2D eigenvalue weighted by Crippen LogP contribution is -2.39. The Morgan fingerprint density at radius 1 is 1.29 bits per heavy atom. The van der Waals surface area contributed by atoms with Gasteiger partial charge in [-0.2, -0.15) is 0 Å². The number of carbonyl (C=O) groups is 2. The molecule has 1 heterocycles. The molecule has 6 nitrogen and oxygen atoms in total. The van der Waals surface area contributed by atoms with Gasteiger partial charge in [-0.05, 0) is 12.8 Å². The number of hydrogen-bond donors (Lipinski definition) is 3. The summed E-state index contributed by atoms with van der Waals surface area (Å²) in [5.41, 5.74) is 0. The molecule has 2 atom stereocenters. The Labute approximate surface area is 80.8 Å². The summed E-state index contributed by atoms with van der Waals surface area (Å²) in [7, 11) is 0. The molecule has 1 amide bonds. The lowest BCUT2D eigenvalue weighted by molar-refractivity contribution is -0.145. The van der Waals surface area contributed by atoms with Gasteiger partial charge in [-0.3, -0.25) is 4.79 Å². The van der Waals surface area contributed by atoms with Gasteiger partial charge in [0.1, 0.15) is 5.92 Å². The number of hydrogen-bond acceptors (Lipinski definition) is 3. The number of carboxylic acids is 1. The normalized spacial score (nSPS) is 28.2. The zero-order chi connectivity index (χ0) is 10.7. The molecule has 0 aliphatic carbocycles. The number of aliphatic hydroxyl groups is 1. The summed E-state index contributed by atoms with van der Waals surface area (Å²) in [6.45, 7) is 0.155. The molecule has 3 N–H and O–H groups in total. The maximum absolute atomic E-state index is 10.7. The Kier molecular flexibility index (Phi) is 3.29. The first-order chi connectivity index (χ1) is 6.52. The van der Waals surface area contributed by atoms with Crippen molar-refractivity contribution in [2.45, 2.75) is 18.9 Å². The van der Waals surface area contributed by atoms with Crippen LogP contribution >= 0.6 is 0 Å². The number of rotatable bonds is 1. The largest absolute Gasteiger partial charge is 0.481 e. The van der Waals surface area contributed by atoms with Gasteiger partial charge < -0.3 is 20.2 Å². The molecule has 0 bridgehead atoms. The van der Waals surface area contributed by atoms with Crippen LogP contribution in [0.3, 0.4) is 0 Å². The van der Waals surface area contributed by atoms with Crippen LogP contribution < -0.4 is 0 Å². The van der Waals surface area contributed by atoms with E-state index in [9.17, 15) is 14.7 Å². The zero-order valence-electron chi connectivity index (χ0n) is 7.59. The average Bonchev–Trinajstić information content (AvgIpc) is 2.26. The van der Waals surface area contributed by atoms with Crippen LogP contribution in [0.4, 0.5) is 4.79 Å². The maximum atomic E-state index is 10.7. The molecule has 1 aliphatic rings. The molecule has 0 spiro atoms. The molecule has 0 aromatic carbocycles. The third kappa shape index (κ3) is 2.35. The first-order valence-corrected chi connectivity index (χ1v) is 4.41. The zero-order valence-corrected chi connectivity index (χ0v) is 7.59. The Balaban J connectivity index is 2.71. The van der Waals surface area contributed by atoms with Crippen LogP contribution in [0.2, 0.25) is 0 Å². The highest BCUT2D eigenvalue weighted by Gasteiger charge is 2.32. The van der Waals surface area contributed by atoms with Gasteiger partial charge in [0.15, 0.2) is 0 Å². The summed E-state index contributed by atoms with van der Waals surface area (Å²) in [5, 5.41) is 26.9. The van der Waals surface area contributed by atoms with Crippen molar-refractivity contribution in [1.82, 2.24) is 4.90 Å². The van der Waals surface area contributed by atoms with E-state index in [4.69, 9.17) is 10.2 Å². The summed E-state index contributed by atoms with van der Waals surface area (Å²) < 4.78 is 0. The van der Waals surface area contributed by atoms with Gasteiger partial charge in [0.2, 0.25) is 0 Å². The van der Waals surface area contributed by atoms with Crippen molar-refractivity contribution in [3.8, 4) is 0 Å². The second kappa shape index (κ2) is 4.28. The Morgan fingerprint density at radius 3 is 2.43 bits per heavy atom. The van der Waals surface area contributed by atoms with E-state index < -0.39 is 24.1 Å². The first kappa shape index (κ1) is 10.8. The predicted octanol–water partition coefficient (Wildman–Crippen LogP) is -0.178. The number of carboxylic acid groups (broad SMARTS) is 2. The molecule has 0 saturated carbocycles. The smallest absolute Gasteiger partial charge is 0.407 e. The van der Waals surface area contributed by atoms with Crippen LogP contribution in [-0.4, -0.2) is 51.5 Å². The van der Waals surface area contributed by atoms with Gasteiger partial charge in [0.25, 0.3) is 0 Å². The minimum Gasteiger partial charge on any atom is -0.481 e. The lowest BCUT2D eigenvalue weighted by Gasteiger charge is -2.20. The standard InChI is InChI=1S/C8H13NO5/c10-6-2-1-3-9(8(13)14)4-5(6)7(11)12/h5-6,10H,1-4H2,(H,11,12)(H,13,14)/t5-,6-/m1/s1. The highest BCUT2D eigenvalue weighted by atomic mass is 16.4. The molecule has 0 aromatic rings. The molecule has 0 radical (unpaired) electrons. The molecule has 0 unspecified atom stereocenters. The van der Waals surface area contributed by atoms with Gasteiger partial charge in [-0.1, -0.05) is 0 Å². The van der Waals surface area contributed by atoms with Gasteiger partial charge in [-0.15, -0.1) is 0 Å². The van der Waals surface area contributed by atoms with E-state index in [0.29, 0.717) is 12.8 Å². The Morgan fingerprint density at radius 2 is 1.93 bits per heavy atom. The number of likely N-dealkylation sites (tertiary alicyclic amines) is 1. The van der Waals surface area contributed by atoms with Gasteiger partial charge in [-0.25, -0.2) is 4.79 Å². The van der Waals surface area contributed by atoms with Gasteiger partial charge in [0.05, 0.1) is 6.10 Å². The van der Waals surface area contributed by atoms with E-state index >= 15 is 0 Å². The molecular weight excluding hydrogens is 190 g/mol. The van der Waals surface area contributed by atoms with Gasteiger partial charge in [0, 0.05) is 13.1 Å². The van der Waals surface area contributed by atoms with Gasteiger partial charge >= 0.3 is 12.1 Å². The third-order valence-corrected chi connectivity index (χ3v) is 2.40. The van der Waals surface area contributed by atoms with Crippen LogP contribution in [0.5, 0.6) is 0 Å². The topological polar surface area (TPSA) is 98.1 Å². The fourth-order valence-electron chi connectivity index (χ4n) is 1.56. The molecule has 1 aliphatic heterocycles. The lowest BCUT2D eigenvalue weighted by atomic mass is 10.0. The maximum Gasteiger partial charge on any atom is 0.407 e. The predicted molar refractivity (Wildman–Crippen MR) is 46.0 cm³/mol. The summed E-state index contributed by atoms with van der Waals surface area (Å²) in [5.74, 6) is -2.15. The minimum atomic E-state index is -1.15. The van der Waals surface area contributed by atoms with E-state index in [1.165, 1.54) is 0 Å². The summed E-state index contributed by atoms with van der Waals surface area (Å²) >= 11 is 0. The molecule has 1 rings (SSSR count). The number of aliphatic carboxylic acids is 1. The number of nitrogens with zero attached hydrogens (tertiary/aromatic N) is 1. The molecule has 0 aromatic heterocycles. The van der Waals surface area contributed by atoms with Crippen molar-refractivity contribution in [2.24, 2.45) is 5.92 Å². The van der Waals surface area contributed by atoms with E-state index in [2.05, 4.69) is 0 Å². The molecule has 80 valence electrons. The van der Waals surface area contributed by atoms with Crippen molar-refractivity contribution in [3.05, 3.63) is 0 Å². The second-order valence-electron chi connectivity index (χ2n) is 3.38. The monoisotopic (exact) mass is 203 g/mol. The quantitative estimate of drug-likeness (QED) is 0.549. The van der Waals surface area contributed by atoms with E-state index in [1.54, 1.807) is 0 Å². The van der Waals surface area contributed by atoms with Crippen molar-refractivity contribution in [2.75, 3.05) is 13.1 Å². The minimum absolute atomic E-state index is 0.133. The van der Waals surface area contributed by atoms with Crippen LogP contribution in [0.15, 0.2) is 0 Å². The van der Waals surface area contributed by atoms with Crippen LogP contribution in [0, 0.1) is 5.92 Å². The molecule has 1 fully saturated rings. The van der Waals surface area contributed by atoms with Crippen LogP contribution in [0.1, 0.15) is 12.8 Å². The van der Waals surface area contributed by atoms with Crippen molar-refractivity contribution in [3.63, 3.8) is 0 Å². The fourth-order valence-corrected chi connectivity index (χ4v) is 1.56. The Hall–Kier alpha value is -1.30. The van der Waals surface area contributed by atoms with Crippen molar-refractivity contribution < 1.29 is 24.9 Å². The highest BCUT2D eigenvalue weighted by Crippen LogP contribution is 2.17. The molecule has 14 heavy (non-hydrogen) atoms. The summed E-state index contributed by atoms with van der Waals surface area (Å²) in [4.78, 5) is 22.4. The second-order valence-corrected chi connectivity index (χ2v) is 3.38. The van der Waals surface area contributed by atoms with E-state index in [-0.39, 0.29) is 13.1 Å². The van der Waals surface area contributed by atoms with E-state index in [0.717, 1.165) is 4.90 Å². The van der Waals surface area contributed by atoms with Crippen LogP contribution in [-0.2, 0) is 4.79 Å². The number of aliphatic hydroxyl groups excluding tert-OH is 1.